The van der Waals surface area contributed by atoms with Crippen LogP contribution in [0.15, 0.2) is 21.8 Å². The third kappa shape index (κ3) is 4.30. The van der Waals surface area contributed by atoms with E-state index in [1.807, 2.05) is 24.8 Å². The van der Waals surface area contributed by atoms with Crippen molar-refractivity contribution in [2.75, 3.05) is 35.2 Å². The van der Waals surface area contributed by atoms with Crippen LogP contribution in [0.4, 0.5) is 19.0 Å². The van der Waals surface area contributed by atoms with Crippen LogP contribution in [0.3, 0.4) is 0 Å². The monoisotopic (exact) mass is 496 g/mol. The molecule has 3 aliphatic heterocycles. The Morgan fingerprint density at radius 2 is 1.94 bits per heavy atom. The number of rotatable bonds is 2. The highest BCUT2D eigenvalue weighted by molar-refractivity contribution is 7.99. The number of allylic oxidation sites excluding steroid dienone is 1. The fourth-order valence-electron chi connectivity index (χ4n) is 5.18. The fourth-order valence-corrected chi connectivity index (χ4v) is 7.25. The van der Waals surface area contributed by atoms with Crippen LogP contribution < -0.4 is 15.9 Å². The molecule has 0 radical (unpaired) electrons. The minimum atomic E-state index is -4.50. The van der Waals surface area contributed by atoms with Crippen LogP contribution in [-0.2, 0) is 12.7 Å². The van der Waals surface area contributed by atoms with Crippen molar-refractivity contribution >= 4 is 45.8 Å². The Bertz CT molecular complexity index is 1170. The lowest BCUT2D eigenvalue weighted by Crippen LogP contribution is -2.55. The molecule has 5 nitrogen and oxygen atoms in total. The summed E-state index contributed by atoms with van der Waals surface area (Å²) in [6, 6.07) is 1.55. The molecule has 4 heterocycles. The lowest BCUT2D eigenvalue weighted by atomic mass is 9.94. The lowest BCUT2D eigenvalue weighted by Gasteiger charge is -2.37. The molecule has 0 aliphatic carbocycles. The molecule has 0 amide bonds. The van der Waals surface area contributed by atoms with E-state index in [2.05, 4.69) is 10.3 Å². The van der Waals surface area contributed by atoms with Gasteiger partial charge in [-0.05, 0) is 49.8 Å². The van der Waals surface area contributed by atoms with Gasteiger partial charge in [-0.1, -0.05) is 6.08 Å². The van der Waals surface area contributed by atoms with Crippen molar-refractivity contribution in [3.05, 3.63) is 33.8 Å². The normalized spacial score (nSPS) is 24.0. The Kier molecular flexibility index (Phi) is 6.20. The Balaban J connectivity index is 1.85. The maximum Gasteiger partial charge on any atom is 0.417 e. The van der Waals surface area contributed by atoms with Crippen molar-refractivity contribution in [3.8, 4) is 0 Å². The molecule has 10 heteroatoms. The number of anilines is 1. The Hall–Kier alpha value is -1.65. The second-order valence-electron chi connectivity index (χ2n) is 9.02. The lowest BCUT2D eigenvalue weighted by molar-refractivity contribution is -0.137. The number of aromatic nitrogens is 2. The van der Waals surface area contributed by atoms with Gasteiger partial charge in [-0.25, -0.2) is 4.79 Å². The molecule has 3 aliphatic rings. The Labute approximate surface area is 199 Å². The summed E-state index contributed by atoms with van der Waals surface area (Å²) in [5.41, 5.74) is 0.651. The summed E-state index contributed by atoms with van der Waals surface area (Å²) in [4.78, 5) is 20.1. The molecule has 2 unspecified atom stereocenters. The number of hydrogen-bond donors (Lipinski definition) is 1. The number of halogens is 3. The molecule has 1 aromatic heterocycles. The van der Waals surface area contributed by atoms with E-state index in [-0.39, 0.29) is 23.3 Å². The van der Waals surface area contributed by atoms with Crippen molar-refractivity contribution in [1.82, 2.24) is 14.9 Å². The van der Waals surface area contributed by atoms with Crippen molar-refractivity contribution in [1.29, 1.82) is 0 Å². The molecule has 0 saturated carbocycles. The summed E-state index contributed by atoms with van der Waals surface area (Å²) in [5.74, 6) is 2.56. The SMILES string of the molecule is CC1CN(c2nc(=O)n3c4c(c(C5=CCSCC5)c(C(F)(F)F)cc24)SCCC3)CC(C)N1. The van der Waals surface area contributed by atoms with Gasteiger partial charge in [0, 0.05) is 53.3 Å². The van der Waals surface area contributed by atoms with Crippen LogP contribution in [-0.4, -0.2) is 52.0 Å². The molecule has 2 aromatic rings. The molecule has 5 rings (SSSR count). The van der Waals surface area contributed by atoms with Crippen molar-refractivity contribution < 1.29 is 13.2 Å². The average molecular weight is 497 g/mol. The number of piperazine rings is 1. The molecule has 1 N–H and O–H groups in total. The minimum Gasteiger partial charge on any atom is -0.353 e. The second-order valence-corrected chi connectivity index (χ2v) is 11.3. The third-order valence-electron chi connectivity index (χ3n) is 6.42. The van der Waals surface area contributed by atoms with Gasteiger partial charge in [0.1, 0.15) is 5.82 Å². The molecule has 0 spiro atoms. The molecular weight excluding hydrogens is 469 g/mol. The third-order valence-corrected chi connectivity index (χ3v) is 8.49. The van der Waals surface area contributed by atoms with Gasteiger partial charge in [0.05, 0.1) is 11.1 Å². The standard InChI is InChI=1S/C23H27F3N4OS2/c1-13-11-29(12-14(2)27-13)21-16-10-17(23(24,25)26)18(15-4-8-32-9-5-15)20-19(16)30(22(31)28-21)6-3-7-33-20/h4,10,13-14,27H,3,5-9,11-12H2,1-2H3. The minimum absolute atomic E-state index is 0.142. The van der Waals surface area contributed by atoms with E-state index in [0.29, 0.717) is 65.6 Å². The van der Waals surface area contributed by atoms with E-state index in [1.165, 1.54) is 17.8 Å². The first-order valence-corrected chi connectivity index (χ1v) is 13.5. The highest BCUT2D eigenvalue weighted by atomic mass is 32.2. The van der Waals surface area contributed by atoms with Gasteiger partial charge in [-0.15, -0.1) is 11.8 Å². The number of benzene rings is 1. The summed E-state index contributed by atoms with van der Waals surface area (Å²) in [5, 5.41) is 3.87. The van der Waals surface area contributed by atoms with E-state index in [4.69, 9.17) is 0 Å². The van der Waals surface area contributed by atoms with Gasteiger partial charge in [-0.2, -0.15) is 29.9 Å². The largest absolute Gasteiger partial charge is 0.417 e. The van der Waals surface area contributed by atoms with Crippen LogP contribution in [0.25, 0.3) is 16.5 Å². The maximum atomic E-state index is 14.5. The van der Waals surface area contributed by atoms with Gasteiger partial charge >= 0.3 is 11.9 Å². The summed E-state index contributed by atoms with van der Waals surface area (Å²) < 4.78 is 45.1. The van der Waals surface area contributed by atoms with Gasteiger partial charge in [0.15, 0.2) is 0 Å². The van der Waals surface area contributed by atoms with Gasteiger partial charge in [0.25, 0.3) is 0 Å². The highest BCUT2D eigenvalue weighted by Gasteiger charge is 2.38. The van der Waals surface area contributed by atoms with E-state index >= 15 is 0 Å². The van der Waals surface area contributed by atoms with Crippen molar-refractivity contribution in [2.24, 2.45) is 0 Å². The Morgan fingerprint density at radius 3 is 2.61 bits per heavy atom. The summed E-state index contributed by atoms with van der Waals surface area (Å²) in [6.07, 6.45) is -1.26. The zero-order chi connectivity index (χ0) is 23.3. The molecule has 2 atom stereocenters. The quantitative estimate of drug-likeness (QED) is 0.655. The van der Waals surface area contributed by atoms with Crippen molar-refractivity contribution in [3.63, 3.8) is 0 Å². The summed E-state index contributed by atoms with van der Waals surface area (Å²) in [7, 11) is 0. The number of thioether (sulfide) groups is 2. The number of nitrogens with one attached hydrogen (secondary N) is 1. The Morgan fingerprint density at radius 1 is 1.18 bits per heavy atom. The topological polar surface area (TPSA) is 50.2 Å². The van der Waals surface area contributed by atoms with Crippen LogP contribution >= 0.6 is 23.5 Å². The van der Waals surface area contributed by atoms with Crippen LogP contribution in [0.1, 0.15) is 37.8 Å². The molecule has 1 aromatic carbocycles. The zero-order valence-electron chi connectivity index (χ0n) is 18.7. The van der Waals surface area contributed by atoms with Gasteiger partial charge in [-0.3, -0.25) is 4.57 Å². The average Bonchev–Trinajstić information content (AvgIpc) is 2.99. The summed E-state index contributed by atoms with van der Waals surface area (Å²) >= 11 is 3.18. The maximum absolute atomic E-state index is 14.5. The fraction of sp³-hybridized carbons (Fsp3) is 0.565. The van der Waals surface area contributed by atoms with E-state index in [1.54, 1.807) is 16.3 Å². The van der Waals surface area contributed by atoms with Gasteiger partial charge < -0.3 is 10.2 Å². The van der Waals surface area contributed by atoms with E-state index in [9.17, 15) is 18.0 Å². The number of hydrogen-bond acceptors (Lipinski definition) is 6. The van der Waals surface area contributed by atoms with E-state index < -0.39 is 11.7 Å². The molecule has 1 saturated heterocycles. The highest BCUT2D eigenvalue weighted by Crippen LogP contribution is 2.47. The van der Waals surface area contributed by atoms with Gasteiger partial charge in [0.2, 0.25) is 0 Å². The number of nitrogens with zero attached hydrogens (tertiary/aromatic N) is 3. The molecule has 1 fully saturated rings. The molecule has 33 heavy (non-hydrogen) atoms. The number of aryl methyl sites for hydroxylation is 1. The molecule has 0 bridgehead atoms. The first-order chi connectivity index (χ1) is 15.7. The zero-order valence-corrected chi connectivity index (χ0v) is 20.3. The first kappa shape index (κ1) is 23.1. The van der Waals surface area contributed by atoms with Crippen LogP contribution in [0.2, 0.25) is 0 Å². The second kappa shape index (κ2) is 8.85. The molecule has 178 valence electrons. The van der Waals surface area contributed by atoms with Crippen molar-refractivity contribution in [2.45, 2.75) is 56.4 Å². The smallest absolute Gasteiger partial charge is 0.353 e. The number of alkyl halides is 3. The molecular formula is C23H27F3N4OS2. The van der Waals surface area contributed by atoms with E-state index in [0.717, 1.165) is 11.3 Å². The van der Waals surface area contributed by atoms with Crippen LogP contribution in [0.5, 0.6) is 0 Å². The first-order valence-electron chi connectivity index (χ1n) is 11.3. The predicted octanol–water partition coefficient (Wildman–Crippen LogP) is 4.62. The van der Waals surface area contributed by atoms with Crippen LogP contribution in [0, 0.1) is 0 Å². The summed E-state index contributed by atoms with van der Waals surface area (Å²) in [6.45, 7) is 5.72. The predicted molar refractivity (Wildman–Crippen MR) is 131 cm³/mol.